The number of carboxylic acid groups (broad SMARTS) is 1. The zero-order valence-electron chi connectivity index (χ0n) is 17.2. The average Bonchev–Trinajstić information content (AvgIpc) is 2.69. The monoisotopic (exact) mass is 393 g/mol. The molecule has 0 bridgehead atoms. The number of ether oxygens (including phenoxy) is 3. The summed E-state index contributed by atoms with van der Waals surface area (Å²) < 4.78 is 17.0. The van der Waals surface area contributed by atoms with E-state index < -0.39 is 11.5 Å². The average molecular weight is 393 g/mol. The molecule has 0 spiro atoms. The fourth-order valence-corrected chi connectivity index (χ4v) is 3.73. The molecule has 1 aliphatic rings. The van der Waals surface area contributed by atoms with Crippen LogP contribution in [0.2, 0.25) is 0 Å². The summed E-state index contributed by atoms with van der Waals surface area (Å²) in [6.45, 7) is 6.78. The van der Waals surface area contributed by atoms with Gasteiger partial charge in [-0.1, -0.05) is 19.3 Å². The van der Waals surface area contributed by atoms with Gasteiger partial charge < -0.3 is 24.2 Å². The standard InChI is InChI=1S/C21H31NO6/c1-5-26-16-13-15(14-17(27-6-2)18(16)28-7-3)19(23)22(4)21(20(24)25)11-9-8-10-12-21/h13-14H,5-12H2,1-4H3,(H,24,25). The summed E-state index contributed by atoms with van der Waals surface area (Å²) in [5.41, 5.74) is -0.852. The van der Waals surface area contributed by atoms with Crippen LogP contribution in [0.5, 0.6) is 17.2 Å². The Balaban J connectivity index is 2.46. The molecule has 0 unspecified atom stereocenters. The quantitative estimate of drug-likeness (QED) is 0.688. The van der Waals surface area contributed by atoms with E-state index >= 15 is 0 Å². The smallest absolute Gasteiger partial charge is 0.329 e. The predicted molar refractivity (Wildman–Crippen MR) is 105 cm³/mol. The highest BCUT2D eigenvalue weighted by atomic mass is 16.5. The minimum Gasteiger partial charge on any atom is -0.490 e. The summed E-state index contributed by atoms with van der Waals surface area (Å²) in [5, 5.41) is 9.88. The molecule has 0 aromatic heterocycles. The molecule has 28 heavy (non-hydrogen) atoms. The lowest BCUT2D eigenvalue weighted by Crippen LogP contribution is -2.56. The first-order valence-corrected chi connectivity index (χ1v) is 9.99. The van der Waals surface area contributed by atoms with Crippen LogP contribution in [0.15, 0.2) is 12.1 Å². The van der Waals surface area contributed by atoms with Crippen LogP contribution in [0.1, 0.15) is 63.2 Å². The Kier molecular flexibility index (Phi) is 7.54. The molecule has 0 atom stereocenters. The van der Waals surface area contributed by atoms with Gasteiger partial charge in [-0.15, -0.1) is 0 Å². The van der Waals surface area contributed by atoms with Crippen molar-refractivity contribution in [3.63, 3.8) is 0 Å². The number of likely N-dealkylation sites (N-methyl/N-ethyl adjacent to an activating group) is 1. The normalized spacial score (nSPS) is 15.6. The number of carboxylic acids is 1. The number of carbonyl (C=O) groups is 2. The molecule has 1 aromatic rings. The van der Waals surface area contributed by atoms with Gasteiger partial charge >= 0.3 is 5.97 Å². The van der Waals surface area contributed by atoms with E-state index in [-0.39, 0.29) is 5.91 Å². The molecule has 1 aromatic carbocycles. The largest absolute Gasteiger partial charge is 0.490 e. The fourth-order valence-electron chi connectivity index (χ4n) is 3.73. The van der Waals surface area contributed by atoms with Gasteiger partial charge in [0.25, 0.3) is 5.91 Å². The van der Waals surface area contributed by atoms with Crippen molar-refractivity contribution < 1.29 is 28.9 Å². The van der Waals surface area contributed by atoms with Crippen LogP contribution in [0.3, 0.4) is 0 Å². The van der Waals surface area contributed by atoms with E-state index in [0.717, 1.165) is 19.3 Å². The molecule has 7 nitrogen and oxygen atoms in total. The Hall–Kier alpha value is -2.44. The second kappa shape index (κ2) is 9.66. The van der Waals surface area contributed by atoms with E-state index in [1.165, 1.54) is 4.90 Å². The summed E-state index contributed by atoms with van der Waals surface area (Å²) in [6, 6.07) is 3.21. The van der Waals surface area contributed by atoms with Crippen LogP contribution in [-0.4, -0.2) is 54.3 Å². The molecular weight excluding hydrogens is 362 g/mol. The highest BCUT2D eigenvalue weighted by Gasteiger charge is 2.45. The molecule has 0 saturated heterocycles. The summed E-state index contributed by atoms with van der Waals surface area (Å²) in [5.74, 6) is -0.0329. The van der Waals surface area contributed by atoms with Crippen molar-refractivity contribution in [2.45, 2.75) is 58.4 Å². The second-order valence-corrected chi connectivity index (χ2v) is 6.86. The van der Waals surface area contributed by atoms with E-state index in [0.29, 0.717) is 55.5 Å². The number of carbonyl (C=O) groups excluding carboxylic acids is 1. The van der Waals surface area contributed by atoms with E-state index in [1.807, 2.05) is 20.8 Å². The molecule has 0 heterocycles. The van der Waals surface area contributed by atoms with Crippen LogP contribution in [0.25, 0.3) is 0 Å². The summed E-state index contributed by atoms with van der Waals surface area (Å²) in [6.07, 6.45) is 3.49. The first-order valence-electron chi connectivity index (χ1n) is 9.99. The third-order valence-corrected chi connectivity index (χ3v) is 5.18. The minimum atomic E-state index is -1.18. The Labute approximate surface area is 166 Å². The molecule has 2 rings (SSSR count). The van der Waals surface area contributed by atoms with Gasteiger partial charge in [0.2, 0.25) is 5.75 Å². The van der Waals surface area contributed by atoms with Gasteiger partial charge in [-0.25, -0.2) is 4.79 Å². The Bertz CT molecular complexity index is 669. The molecule has 1 amide bonds. The van der Waals surface area contributed by atoms with E-state index in [1.54, 1.807) is 19.2 Å². The lowest BCUT2D eigenvalue weighted by Gasteiger charge is -2.41. The van der Waals surface area contributed by atoms with Gasteiger partial charge in [-0.05, 0) is 45.7 Å². The minimum absolute atomic E-state index is 0.323. The van der Waals surface area contributed by atoms with Crippen molar-refractivity contribution in [2.24, 2.45) is 0 Å². The van der Waals surface area contributed by atoms with Crippen LogP contribution < -0.4 is 14.2 Å². The topological polar surface area (TPSA) is 85.3 Å². The van der Waals surface area contributed by atoms with Crippen LogP contribution in [0, 0.1) is 0 Å². The Morgan fingerprint density at radius 1 is 0.964 bits per heavy atom. The molecule has 1 N–H and O–H groups in total. The fraction of sp³-hybridized carbons (Fsp3) is 0.619. The van der Waals surface area contributed by atoms with Crippen molar-refractivity contribution in [3.8, 4) is 17.2 Å². The summed E-state index contributed by atoms with van der Waals surface area (Å²) in [4.78, 5) is 26.7. The van der Waals surface area contributed by atoms with E-state index in [4.69, 9.17) is 14.2 Å². The van der Waals surface area contributed by atoms with Gasteiger partial charge in [-0.3, -0.25) is 4.79 Å². The number of aliphatic carboxylic acids is 1. The summed E-state index contributed by atoms with van der Waals surface area (Å²) >= 11 is 0. The van der Waals surface area contributed by atoms with Gasteiger partial charge in [-0.2, -0.15) is 0 Å². The van der Waals surface area contributed by atoms with Crippen molar-refractivity contribution in [1.29, 1.82) is 0 Å². The first-order chi connectivity index (χ1) is 13.4. The first kappa shape index (κ1) is 21.9. The lowest BCUT2D eigenvalue weighted by molar-refractivity contribution is -0.151. The van der Waals surface area contributed by atoms with Gasteiger partial charge in [0.1, 0.15) is 5.54 Å². The molecule has 7 heteroatoms. The number of amides is 1. The van der Waals surface area contributed by atoms with Crippen LogP contribution in [0.4, 0.5) is 0 Å². The number of hydrogen-bond donors (Lipinski definition) is 1. The Morgan fingerprint density at radius 3 is 1.89 bits per heavy atom. The third-order valence-electron chi connectivity index (χ3n) is 5.18. The molecule has 0 radical (unpaired) electrons. The zero-order valence-corrected chi connectivity index (χ0v) is 17.2. The molecule has 1 aliphatic carbocycles. The summed E-state index contributed by atoms with van der Waals surface area (Å²) in [7, 11) is 1.57. The van der Waals surface area contributed by atoms with Gasteiger partial charge in [0.15, 0.2) is 11.5 Å². The molecule has 156 valence electrons. The van der Waals surface area contributed by atoms with Crippen molar-refractivity contribution >= 4 is 11.9 Å². The number of rotatable bonds is 9. The van der Waals surface area contributed by atoms with E-state index in [2.05, 4.69) is 0 Å². The molecule has 0 aliphatic heterocycles. The van der Waals surface area contributed by atoms with Crippen LogP contribution >= 0.6 is 0 Å². The highest BCUT2D eigenvalue weighted by molar-refractivity contribution is 5.98. The lowest BCUT2D eigenvalue weighted by atomic mass is 9.80. The number of benzene rings is 1. The van der Waals surface area contributed by atoms with E-state index in [9.17, 15) is 14.7 Å². The Morgan fingerprint density at radius 2 is 1.46 bits per heavy atom. The third kappa shape index (κ3) is 4.34. The maximum absolute atomic E-state index is 13.2. The number of nitrogens with zero attached hydrogens (tertiary/aromatic N) is 1. The highest BCUT2D eigenvalue weighted by Crippen LogP contribution is 2.40. The second-order valence-electron chi connectivity index (χ2n) is 6.86. The maximum atomic E-state index is 13.2. The van der Waals surface area contributed by atoms with Crippen molar-refractivity contribution in [2.75, 3.05) is 26.9 Å². The predicted octanol–water partition coefficient (Wildman–Crippen LogP) is 3.74. The van der Waals surface area contributed by atoms with Gasteiger partial charge in [0, 0.05) is 12.6 Å². The maximum Gasteiger partial charge on any atom is 0.329 e. The van der Waals surface area contributed by atoms with Crippen LogP contribution in [-0.2, 0) is 4.79 Å². The molecule has 1 fully saturated rings. The number of hydrogen-bond acceptors (Lipinski definition) is 5. The molecular formula is C21H31NO6. The van der Waals surface area contributed by atoms with Crippen molar-refractivity contribution in [1.82, 2.24) is 4.90 Å². The molecule has 1 saturated carbocycles. The SMILES string of the molecule is CCOc1cc(C(=O)N(C)C2(C(=O)O)CCCCC2)cc(OCC)c1OCC. The zero-order chi connectivity index (χ0) is 20.7. The van der Waals surface area contributed by atoms with Crippen molar-refractivity contribution in [3.05, 3.63) is 17.7 Å². The van der Waals surface area contributed by atoms with Gasteiger partial charge in [0.05, 0.1) is 19.8 Å².